The lowest BCUT2D eigenvalue weighted by atomic mass is 10.4. The van der Waals surface area contributed by atoms with Crippen molar-refractivity contribution in [2.45, 2.75) is 30.2 Å². The van der Waals surface area contributed by atoms with Crippen LogP contribution >= 0.6 is 35.4 Å². The highest BCUT2D eigenvalue weighted by atomic mass is 35.5. The molecule has 0 bridgehead atoms. The molecule has 0 aromatic heterocycles. The fourth-order valence-electron chi connectivity index (χ4n) is 1.88. The van der Waals surface area contributed by atoms with Gasteiger partial charge in [0.05, 0.1) is 10.0 Å². The molecule has 8 heteroatoms. The molecule has 110 valence electrons. The topological polar surface area (TPSA) is 63.4 Å². The molecule has 20 heavy (non-hydrogen) atoms. The summed E-state index contributed by atoms with van der Waals surface area (Å²) in [6.07, 6.45) is 2.03. The maximum atomic E-state index is 12.7. The number of nitrogens with zero attached hydrogens (tertiary/aromatic N) is 1. The molecule has 1 saturated carbocycles. The average molecular weight is 353 g/mol. The van der Waals surface area contributed by atoms with Crippen molar-refractivity contribution in [2.24, 2.45) is 5.73 Å². The summed E-state index contributed by atoms with van der Waals surface area (Å²) in [5.41, 5.74) is 5.46. The van der Waals surface area contributed by atoms with Crippen molar-refractivity contribution < 1.29 is 8.42 Å². The maximum Gasteiger partial charge on any atom is 0.244 e. The second-order valence-electron chi connectivity index (χ2n) is 4.64. The molecule has 0 atom stereocenters. The Kier molecular flexibility index (Phi) is 4.92. The Labute approximate surface area is 133 Å². The van der Waals surface area contributed by atoms with Crippen molar-refractivity contribution in [1.82, 2.24) is 4.31 Å². The van der Waals surface area contributed by atoms with Crippen molar-refractivity contribution in [3.63, 3.8) is 0 Å². The molecular formula is C12H14Cl2N2O2S2. The zero-order chi connectivity index (χ0) is 14.9. The minimum absolute atomic E-state index is 0.00407. The first-order chi connectivity index (χ1) is 9.32. The highest BCUT2D eigenvalue weighted by Crippen LogP contribution is 2.35. The van der Waals surface area contributed by atoms with E-state index in [0.717, 1.165) is 12.8 Å². The van der Waals surface area contributed by atoms with Crippen molar-refractivity contribution in [3.05, 3.63) is 28.2 Å². The molecule has 2 N–H and O–H groups in total. The number of hydrogen-bond donors (Lipinski definition) is 1. The summed E-state index contributed by atoms with van der Waals surface area (Å²) < 4.78 is 26.8. The summed E-state index contributed by atoms with van der Waals surface area (Å²) >= 11 is 16.7. The second-order valence-corrected chi connectivity index (χ2v) is 7.86. The van der Waals surface area contributed by atoms with E-state index in [1.807, 2.05) is 0 Å². The Morgan fingerprint density at radius 3 is 2.60 bits per heavy atom. The molecule has 1 aromatic carbocycles. The number of benzene rings is 1. The van der Waals surface area contributed by atoms with Gasteiger partial charge in [0.2, 0.25) is 10.0 Å². The summed E-state index contributed by atoms with van der Waals surface area (Å²) in [6.45, 7) is 0.269. The minimum Gasteiger partial charge on any atom is -0.393 e. The van der Waals surface area contributed by atoms with Gasteiger partial charge in [-0.25, -0.2) is 8.42 Å². The van der Waals surface area contributed by atoms with E-state index in [0.29, 0.717) is 16.4 Å². The van der Waals surface area contributed by atoms with Gasteiger partial charge in [-0.2, -0.15) is 4.31 Å². The molecular weight excluding hydrogens is 339 g/mol. The van der Waals surface area contributed by atoms with Crippen molar-refractivity contribution in [1.29, 1.82) is 0 Å². The lowest BCUT2D eigenvalue weighted by Gasteiger charge is -2.22. The van der Waals surface area contributed by atoms with Crippen molar-refractivity contribution >= 4 is 50.4 Å². The van der Waals surface area contributed by atoms with E-state index in [4.69, 9.17) is 41.2 Å². The zero-order valence-electron chi connectivity index (χ0n) is 10.6. The molecule has 0 heterocycles. The van der Waals surface area contributed by atoms with Gasteiger partial charge < -0.3 is 5.73 Å². The number of sulfonamides is 1. The molecule has 4 nitrogen and oxygen atoms in total. The largest absolute Gasteiger partial charge is 0.393 e. The summed E-state index contributed by atoms with van der Waals surface area (Å²) in [5.74, 6) is 0. The third kappa shape index (κ3) is 3.62. The lowest BCUT2D eigenvalue weighted by Crippen LogP contribution is -2.35. The van der Waals surface area contributed by atoms with Crippen LogP contribution in [0.4, 0.5) is 0 Å². The fourth-order valence-corrected chi connectivity index (χ4v) is 4.40. The van der Waals surface area contributed by atoms with Crippen LogP contribution in [0.1, 0.15) is 19.3 Å². The molecule has 1 aromatic rings. The lowest BCUT2D eigenvalue weighted by molar-refractivity contribution is 0.413. The fraction of sp³-hybridized carbons (Fsp3) is 0.417. The van der Waals surface area contributed by atoms with Crippen LogP contribution in [-0.4, -0.2) is 30.3 Å². The zero-order valence-corrected chi connectivity index (χ0v) is 13.7. The SMILES string of the molecule is NC(=S)CCN(C1CC1)S(=O)(=O)c1cc(Cl)ccc1Cl. The minimum atomic E-state index is -3.68. The third-order valence-corrected chi connectivity index (χ3v) is 5.89. The Hall–Kier alpha value is -0.400. The smallest absolute Gasteiger partial charge is 0.244 e. The molecule has 1 fully saturated rings. The van der Waals surface area contributed by atoms with Gasteiger partial charge in [0.15, 0.2) is 0 Å². The number of halogens is 2. The van der Waals surface area contributed by atoms with E-state index >= 15 is 0 Å². The van der Waals surface area contributed by atoms with Crippen LogP contribution in [0.15, 0.2) is 23.1 Å². The number of hydrogen-bond acceptors (Lipinski definition) is 3. The summed E-state index contributed by atoms with van der Waals surface area (Å²) in [7, 11) is -3.68. The van der Waals surface area contributed by atoms with Gasteiger partial charge in [-0.05, 0) is 31.0 Å². The van der Waals surface area contributed by atoms with Crippen LogP contribution in [0, 0.1) is 0 Å². The summed E-state index contributed by atoms with van der Waals surface area (Å²) in [6, 6.07) is 4.41. The molecule has 0 aliphatic heterocycles. The van der Waals surface area contributed by atoms with Gasteiger partial charge in [-0.15, -0.1) is 0 Å². The number of nitrogens with two attached hydrogens (primary N) is 1. The number of rotatable bonds is 6. The third-order valence-electron chi connectivity index (χ3n) is 3.01. The molecule has 1 aliphatic rings. The first kappa shape index (κ1) is 16.0. The van der Waals surface area contributed by atoms with Crippen LogP contribution in [0.25, 0.3) is 0 Å². The maximum absolute atomic E-state index is 12.7. The van der Waals surface area contributed by atoms with Crippen LogP contribution in [-0.2, 0) is 10.0 Å². The van der Waals surface area contributed by atoms with Gasteiger partial charge in [-0.3, -0.25) is 0 Å². The predicted octanol–water partition coefficient (Wildman–Crippen LogP) is 2.82. The van der Waals surface area contributed by atoms with E-state index in [-0.39, 0.29) is 22.5 Å². The van der Waals surface area contributed by atoms with Crippen LogP contribution in [0.3, 0.4) is 0 Å². The van der Waals surface area contributed by atoms with Crippen LogP contribution in [0.2, 0.25) is 10.0 Å². The summed E-state index contributed by atoms with van der Waals surface area (Å²) in [4.78, 5) is 0.324. The highest BCUT2D eigenvalue weighted by molar-refractivity contribution is 7.89. The van der Waals surface area contributed by atoms with Gasteiger partial charge in [0, 0.05) is 24.0 Å². The number of thiocarbonyl (C=S) groups is 1. The molecule has 0 radical (unpaired) electrons. The predicted molar refractivity (Wildman–Crippen MR) is 84.8 cm³/mol. The monoisotopic (exact) mass is 352 g/mol. The van der Waals surface area contributed by atoms with Crippen molar-refractivity contribution in [3.8, 4) is 0 Å². The molecule has 0 saturated heterocycles. The highest BCUT2D eigenvalue weighted by Gasteiger charge is 2.38. The van der Waals surface area contributed by atoms with Crippen LogP contribution in [0.5, 0.6) is 0 Å². The normalized spacial score (nSPS) is 15.6. The first-order valence-corrected chi connectivity index (χ1v) is 8.68. The Balaban J connectivity index is 2.35. The van der Waals surface area contributed by atoms with Gasteiger partial charge in [-0.1, -0.05) is 35.4 Å². The molecule has 0 unspecified atom stereocenters. The van der Waals surface area contributed by atoms with Gasteiger partial charge in [0.25, 0.3) is 0 Å². The van der Waals surface area contributed by atoms with Crippen LogP contribution < -0.4 is 5.73 Å². The van der Waals surface area contributed by atoms with E-state index < -0.39 is 10.0 Å². The molecule has 0 amide bonds. The van der Waals surface area contributed by atoms with E-state index in [9.17, 15) is 8.42 Å². The van der Waals surface area contributed by atoms with E-state index in [1.165, 1.54) is 16.4 Å². The standard InChI is InChI=1S/C12H14Cl2N2O2S2/c13-8-1-4-10(14)11(7-8)20(17,18)16(9-2-3-9)6-5-12(15)19/h1,4,7,9H,2-3,5-6H2,(H2,15,19). The average Bonchev–Trinajstić information content (AvgIpc) is 3.16. The summed E-state index contributed by atoms with van der Waals surface area (Å²) in [5, 5.41) is 0.494. The van der Waals surface area contributed by atoms with E-state index in [1.54, 1.807) is 6.07 Å². The molecule has 0 spiro atoms. The quantitative estimate of drug-likeness (QED) is 0.799. The molecule has 2 rings (SSSR count). The van der Waals surface area contributed by atoms with Crippen molar-refractivity contribution in [2.75, 3.05) is 6.54 Å². The second kappa shape index (κ2) is 6.15. The Bertz CT molecular complexity index is 630. The molecule has 1 aliphatic carbocycles. The van der Waals surface area contributed by atoms with E-state index in [2.05, 4.69) is 0 Å². The van der Waals surface area contributed by atoms with Gasteiger partial charge >= 0.3 is 0 Å². The van der Waals surface area contributed by atoms with Gasteiger partial charge in [0.1, 0.15) is 4.90 Å². The Morgan fingerprint density at radius 1 is 1.40 bits per heavy atom. The Morgan fingerprint density at radius 2 is 2.05 bits per heavy atom. The first-order valence-electron chi connectivity index (χ1n) is 6.07.